The first kappa shape index (κ1) is 13.5. The van der Waals surface area contributed by atoms with Gasteiger partial charge in [-0.05, 0) is 12.0 Å². The molecule has 1 saturated heterocycles. The monoisotopic (exact) mass is 228 g/mol. The van der Waals surface area contributed by atoms with Crippen molar-refractivity contribution < 1.29 is 9.53 Å². The second-order valence-corrected chi connectivity index (χ2v) is 5.37. The molecule has 4 heteroatoms. The van der Waals surface area contributed by atoms with Crippen LogP contribution in [0.1, 0.15) is 27.7 Å². The van der Waals surface area contributed by atoms with Crippen molar-refractivity contribution in [2.75, 3.05) is 32.8 Å². The van der Waals surface area contributed by atoms with E-state index in [9.17, 15) is 4.79 Å². The Bertz CT molecular complexity index is 236. The normalized spacial score (nSPS) is 20.0. The van der Waals surface area contributed by atoms with Gasteiger partial charge in [-0.25, -0.2) is 0 Å². The predicted octanol–water partition coefficient (Wildman–Crippen LogP) is 0.869. The van der Waals surface area contributed by atoms with Crippen LogP contribution in [0.25, 0.3) is 0 Å². The van der Waals surface area contributed by atoms with E-state index in [1.54, 1.807) is 0 Å². The molecule has 0 spiro atoms. The number of carbonyl (C=O) groups is 1. The Morgan fingerprint density at radius 3 is 2.69 bits per heavy atom. The lowest BCUT2D eigenvalue weighted by atomic mass is 9.86. The van der Waals surface area contributed by atoms with Crippen LogP contribution in [0.3, 0.4) is 0 Å². The first-order valence-corrected chi connectivity index (χ1v) is 6.04. The third-order valence-electron chi connectivity index (χ3n) is 2.98. The third kappa shape index (κ3) is 3.76. The maximum absolute atomic E-state index is 11.6. The second kappa shape index (κ2) is 5.64. The summed E-state index contributed by atoms with van der Waals surface area (Å²) in [5.74, 6) is 0.110. The summed E-state index contributed by atoms with van der Waals surface area (Å²) in [6.45, 7) is 12.0. The lowest BCUT2D eigenvalue weighted by molar-refractivity contribution is -0.143. The van der Waals surface area contributed by atoms with E-state index in [2.05, 4.69) is 33.0 Å². The molecule has 1 heterocycles. The number of nitrogens with zero attached hydrogens (tertiary/aromatic N) is 1. The highest BCUT2D eigenvalue weighted by Gasteiger charge is 2.28. The van der Waals surface area contributed by atoms with Crippen LogP contribution in [0.2, 0.25) is 0 Å². The number of hydrogen-bond donors (Lipinski definition) is 1. The van der Waals surface area contributed by atoms with Gasteiger partial charge in [-0.3, -0.25) is 4.79 Å². The number of carbonyl (C=O) groups excluding carboxylic acids is 1. The molecule has 1 fully saturated rings. The molecular weight excluding hydrogens is 204 g/mol. The van der Waals surface area contributed by atoms with Gasteiger partial charge >= 0.3 is 0 Å². The summed E-state index contributed by atoms with van der Waals surface area (Å²) < 4.78 is 5.13. The van der Waals surface area contributed by atoms with Gasteiger partial charge in [0.15, 0.2) is 0 Å². The number of hydrogen-bond acceptors (Lipinski definition) is 3. The van der Waals surface area contributed by atoms with Crippen molar-refractivity contribution in [2.45, 2.75) is 33.7 Å². The number of nitrogens with one attached hydrogen (secondary N) is 1. The zero-order valence-corrected chi connectivity index (χ0v) is 10.9. The van der Waals surface area contributed by atoms with Crippen LogP contribution in [0.15, 0.2) is 0 Å². The largest absolute Gasteiger partial charge is 0.370 e. The fourth-order valence-corrected chi connectivity index (χ4v) is 1.85. The Hall–Kier alpha value is -0.610. The first-order valence-electron chi connectivity index (χ1n) is 6.04. The quantitative estimate of drug-likeness (QED) is 0.776. The van der Waals surface area contributed by atoms with E-state index >= 15 is 0 Å². The van der Waals surface area contributed by atoms with Gasteiger partial charge in [0.1, 0.15) is 6.61 Å². The van der Waals surface area contributed by atoms with Gasteiger partial charge in [0, 0.05) is 19.1 Å². The van der Waals surface area contributed by atoms with Crippen LogP contribution in [0, 0.1) is 5.41 Å². The van der Waals surface area contributed by atoms with Gasteiger partial charge < -0.3 is 15.0 Å². The van der Waals surface area contributed by atoms with Gasteiger partial charge in [-0.1, -0.05) is 27.7 Å². The first-order chi connectivity index (χ1) is 7.45. The van der Waals surface area contributed by atoms with Crippen molar-refractivity contribution in [1.29, 1.82) is 0 Å². The molecule has 1 amide bonds. The molecule has 1 N–H and O–H groups in total. The van der Waals surface area contributed by atoms with Crippen molar-refractivity contribution in [3.63, 3.8) is 0 Å². The molecule has 0 aromatic carbocycles. The minimum Gasteiger partial charge on any atom is -0.370 e. The summed E-state index contributed by atoms with van der Waals surface area (Å²) in [5, 5.41) is 3.46. The SMILES string of the molecule is CCNC(CN1CCOCC1=O)C(C)(C)C. The summed E-state index contributed by atoms with van der Waals surface area (Å²) in [4.78, 5) is 13.5. The number of ether oxygens (including phenoxy) is 1. The smallest absolute Gasteiger partial charge is 0.248 e. The highest BCUT2D eigenvalue weighted by atomic mass is 16.5. The average Bonchev–Trinajstić information content (AvgIpc) is 2.19. The Morgan fingerprint density at radius 1 is 1.50 bits per heavy atom. The molecule has 4 nitrogen and oxygen atoms in total. The van der Waals surface area contributed by atoms with Crippen LogP contribution in [-0.2, 0) is 9.53 Å². The minimum atomic E-state index is 0.110. The highest BCUT2D eigenvalue weighted by Crippen LogP contribution is 2.20. The van der Waals surface area contributed by atoms with E-state index in [4.69, 9.17) is 4.74 Å². The van der Waals surface area contributed by atoms with E-state index < -0.39 is 0 Å². The lowest BCUT2D eigenvalue weighted by Gasteiger charge is -2.37. The molecule has 0 aromatic rings. The van der Waals surface area contributed by atoms with E-state index in [-0.39, 0.29) is 17.9 Å². The summed E-state index contributed by atoms with van der Waals surface area (Å²) in [7, 11) is 0. The molecule has 1 atom stereocenters. The molecular formula is C12H24N2O2. The number of morpholine rings is 1. The fraction of sp³-hybridized carbons (Fsp3) is 0.917. The van der Waals surface area contributed by atoms with Crippen LogP contribution >= 0.6 is 0 Å². The summed E-state index contributed by atoms with van der Waals surface area (Å²) in [5.41, 5.74) is 0.161. The maximum atomic E-state index is 11.6. The van der Waals surface area contributed by atoms with Crippen molar-refractivity contribution in [3.8, 4) is 0 Å². The second-order valence-electron chi connectivity index (χ2n) is 5.37. The molecule has 0 aliphatic carbocycles. The molecule has 16 heavy (non-hydrogen) atoms. The number of rotatable bonds is 4. The van der Waals surface area contributed by atoms with Gasteiger partial charge in [-0.2, -0.15) is 0 Å². The number of amides is 1. The highest BCUT2D eigenvalue weighted by molar-refractivity contribution is 5.78. The molecule has 1 aliphatic rings. The van der Waals surface area contributed by atoms with Gasteiger partial charge in [0.25, 0.3) is 0 Å². The Labute approximate surface area is 98.3 Å². The molecule has 1 aliphatic heterocycles. The molecule has 0 aromatic heterocycles. The van der Waals surface area contributed by atoms with Crippen molar-refractivity contribution in [1.82, 2.24) is 10.2 Å². The lowest BCUT2D eigenvalue weighted by Crippen LogP contribution is -2.53. The van der Waals surface area contributed by atoms with E-state index in [1.807, 2.05) is 4.90 Å². The fourth-order valence-electron chi connectivity index (χ4n) is 1.85. The van der Waals surface area contributed by atoms with E-state index in [1.165, 1.54) is 0 Å². The van der Waals surface area contributed by atoms with Crippen LogP contribution in [-0.4, -0.2) is 49.7 Å². The minimum absolute atomic E-state index is 0.110. The predicted molar refractivity (Wildman–Crippen MR) is 64.3 cm³/mol. The standard InChI is InChI=1S/C12H24N2O2/c1-5-13-10(12(2,3)4)8-14-6-7-16-9-11(14)15/h10,13H,5-9H2,1-4H3. The Balaban J connectivity index is 2.56. The Morgan fingerprint density at radius 2 is 2.19 bits per heavy atom. The van der Waals surface area contributed by atoms with Crippen molar-refractivity contribution in [3.05, 3.63) is 0 Å². The topological polar surface area (TPSA) is 41.6 Å². The maximum Gasteiger partial charge on any atom is 0.248 e. The number of likely N-dealkylation sites (N-methyl/N-ethyl adjacent to an activating group) is 1. The summed E-state index contributed by atoms with van der Waals surface area (Å²) in [6.07, 6.45) is 0. The molecule has 1 unspecified atom stereocenters. The van der Waals surface area contributed by atoms with Gasteiger partial charge in [0.05, 0.1) is 6.61 Å². The molecule has 1 rings (SSSR count). The molecule has 94 valence electrons. The third-order valence-corrected chi connectivity index (χ3v) is 2.98. The molecule has 0 bridgehead atoms. The van der Waals surface area contributed by atoms with E-state index in [0.717, 1.165) is 19.6 Å². The van der Waals surface area contributed by atoms with Crippen LogP contribution in [0.4, 0.5) is 0 Å². The molecule has 0 saturated carbocycles. The summed E-state index contributed by atoms with van der Waals surface area (Å²) in [6, 6.07) is 0.333. The van der Waals surface area contributed by atoms with Gasteiger partial charge in [-0.15, -0.1) is 0 Å². The van der Waals surface area contributed by atoms with Gasteiger partial charge in [0.2, 0.25) is 5.91 Å². The zero-order valence-electron chi connectivity index (χ0n) is 10.9. The Kier molecular flexibility index (Phi) is 4.74. The van der Waals surface area contributed by atoms with Crippen molar-refractivity contribution >= 4 is 5.91 Å². The molecule has 0 radical (unpaired) electrons. The van der Waals surface area contributed by atoms with E-state index in [0.29, 0.717) is 12.6 Å². The average molecular weight is 228 g/mol. The zero-order chi connectivity index (χ0) is 12.2. The summed E-state index contributed by atoms with van der Waals surface area (Å²) >= 11 is 0. The van der Waals surface area contributed by atoms with Crippen LogP contribution in [0.5, 0.6) is 0 Å². The van der Waals surface area contributed by atoms with Crippen molar-refractivity contribution in [2.24, 2.45) is 5.41 Å². The van der Waals surface area contributed by atoms with Crippen LogP contribution < -0.4 is 5.32 Å².